The van der Waals surface area contributed by atoms with Gasteiger partial charge in [-0.05, 0) is 23.7 Å². The molecule has 3 nitrogen and oxygen atoms in total. The number of ketones is 1. The Kier molecular flexibility index (Phi) is 2.50. The zero-order valence-corrected chi connectivity index (χ0v) is 8.89. The molecule has 0 aliphatic carbocycles. The van der Waals surface area contributed by atoms with Crippen LogP contribution in [-0.2, 0) is 4.79 Å². The van der Waals surface area contributed by atoms with E-state index in [4.69, 9.17) is 23.2 Å². The van der Waals surface area contributed by atoms with Gasteiger partial charge in [-0.15, -0.1) is 0 Å². The molecule has 1 aromatic heterocycles. The number of nitrogens with one attached hydrogen (secondary N) is 1. The largest absolute Gasteiger partial charge is 0.360 e. The van der Waals surface area contributed by atoms with Gasteiger partial charge >= 0.3 is 0 Å². The predicted molar refractivity (Wildman–Crippen MR) is 58.5 cm³/mol. The fourth-order valence-corrected chi connectivity index (χ4v) is 1.67. The van der Waals surface area contributed by atoms with Crippen LogP contribution in [0.25, 0.3) is 10.9 Å². The van der Waals surface area contributed by atoms with Crippen molar-refractivity contribution in [3.05, 3.63) is 35.0 Å². The van der Waals surface area contributed by atoms with Crippen molar-refractivity contribution in [1.82, 2.24) is 4.98 Å². The third kappa shape index (κ3) is 1.76. The summed E-state index contributed by atoms with van der Waals surface area (Å²) in [5.74, 6) is -0.717. The van der Waals surface area contributed by atoms with Gasteiger partial charge < -0.3 is 4.98 Å². The molecule has 0 bridgehead atoms. The van der Waals surface area contributed by atoms with Crippen LogP contribution in [0.1, 0.15) is 10.4 Å². The zero-order valence-electron chi connectivity index (χ0n) is 7.38. The summed E-state index contributed by atoms with van der Waals surface area (Å²) in [5, 5.41) is 0.199. The Morgan fingerprint density at radius 3 is 2.67 bits per heavy atom. The second-order valence-corrected chi connectivity index (χ2v) is 3.77. The number of hydrogen-bond acceptors (Lipinski definition) is 2. The fourth-order valence-electron chi connectivity index (χ4n) is 1.39. The lowest BCUT2D eigenvalue weighted by Gasteiger charge is -1.94. The number of benzene rings is 1. The molecule has 0 unspecified atom stereocenters. The van der Waals surface area contributed by atoms with Crippen LogP contribution in [0.4, 0.5) is 0 Å². The second kappa shape index (κ2) is 3.68. The van der Waals surface area contributed by atoms with Gasteiger partial charge in [0.15, 0.2) is 0 Å². The van der Waals surface area contributed by atoms with E-state index < -0.39 is 11.0 Å². The number of H-pyrrole nitrogens is 1. The Bertz CT molecular complexity index is 560. The molecule has 0 saturated heterocycles. The van der Waals surface area contributed by atoms with Crippen LogP contribution in [-0.4, -0.2) is 16.0 Å². The number of halogens is 2. The van der Waals surface area contributed by atoms with Crippen LogP contribution in [0.15, 0.2) is 24.4 Å². The van der Waals surface area contributed by atoms with Crippen LogP contribution in [0, 0.1) is 0 Å². The Morgan fingerprint density at radius 2 is 2.00 bits per heavy atom. The van der Waals surface area contributed by atoms with Crippen LogP contribution in [0.2, 0.25) is 5.02 Å². The summed E-state index contributed by atoms with van der Waals surface area (Å²) < 4.78 is 0. The molecule has 5 heteroatoms. The number of aromatic nitrogens is 1. The smallest absolute Gasteiger partial charge is 0.293 e. The van der Waals surface area contributed by atoms with Gasteiger partial charge in [0.05, 0.1) is 5.56 Å². The normalized spacial score (nSPS) is 10.5. The number of fused-ring (bicyclic) bond motifs is 1. The third-order valence-corrected chi connectivity index (χ3v) is 2.47. The molecule has 0 spiro atoms. The molecular weight excluding hydrogens is 237 g/mol. The van der Waals surface area contributed by atoms with Gasteiger partial charge in [0.1, 0.15) is 0 Å². The summed E-state index contributed by atoms with van der Waals surface area (Å²) in [6.45, 7) is 0. The molecular formula is C10H5Cl2NO2. The van der Waals surface area contributed by atoms with E-state index in [9.17, 15) is 9.59 Å². The maximum atomic E-state index is 11.4. The average molecular weight is 242 g/mol. The molecule has 76 valence electrons. The molecule has 0 amide bonds. The number of hydrogen-bond donors (Lipinski definition) is 1. The van der Waals surface area contributed by atoms with Gasteiger partial charge in [0, 0.05) is 22.1 Å². The molecule has 1 aromatic carbocycles. The van der Waals surface area contributed by atoms with Crippen molar-refractivity contribution >= 4 is 45.1 Å². The highest BCUT2D eigenvalue weighted by Crippen LogP contribution is 2.22. The zero-order chi connectivity index (χ0) is 11.0. The minimum absolute atomic E-state index is 0.265. The van der Waals surface area contributed by atoms with Crippen molar-refractivity contribution in [2.75, 3.05) is 0 Å². The molecule has 0 aliphatic heterocycles. The minimum atomic E-state index is -0.995. The Balaban J connectivity index is 2.64. The summed E-state index contributed by atoms with van der Waals surface area (Å²) in [7, 11) is 0. The van der Waals surface area contributed by atoms with E-state index in [-0.39, 0.29) is 5.56 Å². The Hall–Kier alpha value is -1.32. The van der Waals surface area contributed by atoms with Gasteiger partial charge in [0.25, 0.3) is 5.24 Å². The second-order valence-electron chi connectivity index (χ2n) is 3.00. The summed E-state index contributed by atoms with van der Waals surface area (Å²) in [5.41, 5.74) is 0.963. The molecule has 2 aromatic rings. The summed E-state index contributed by atoms with van der Waals surface area (Å²) in [6.07, 6.45) is 1.45. The lowest BCUT2D eigenvalue weighted by molar-refractivity contribution is -0.108. The molecule has 2 rings (SSSR count). The van der Waals surface area contributed by atoms with Gasteiger partial charge in [-0.3, -0.25) is 9.59 Å². The standard InChI is InChI=1S/C10H5Cl2NO2/c11-5-1-2-6-7(9(14)10(12)15)4-13-8(6)3-5/h1-4,13H. The van der Waals surface area contributed by atoms with Crippen molar-refractivity contribution in [3.63, 3.8) is 0 Å². The van der Waals surface area contributed by atoms with Crippen LogP contribution >= 0.6 is 23.2 Å². The highest BCUT2D eigenvalue weighted by atomic mass is 35.5. The van der Waals surface area contributed by atoms with E-state index >= 15 is 0 Å². The van der Waals surface area contributed by atoms with E-state index in [2.05, 4.69) is 4.98 Å². The first-order chi connectivity index (χ1) is 7.09. The van der Waals surface area contributed by atoms with Crippen molar-refractivity contribution in [2.24, 2.45) is 0 Å². The van der Waals surface area contributed by atoms with Crippen LogP contribution < -0.4 is 0 Å². The van der Waals surface area contributed by atoms with E-state index in [1.54, 1.807) is 18.2 Å². The first-order valence-electron chi connectivity index (χ1n) is 4.10. The Morgan fingerprint density at radius 1 is 1.27 bits per heavy atom. The van der Waals surface area contributed by atoms with Gasteiger partial charge in [-0.25, -0.2) is 0 Å². The maximum Gasteiger partial charge on any atom is 0.293 e. The molecule has 0 aliphatic rings. The summed E-state index contributed by atoms with van der Waals surface area (Å²) >= 11 is 10.9. The number of carbonyl (C=O) groups is 2. The Labute approximate surface area is 95.0 Å². The number of carbonyl (C=O) groups excluding carboxylic acids is 2. The van der Waals surface area contributed by atoms with Crippen LogP contribution in [0.5, 0.6) is 0 Å². The minimum Gasteiger partial charge on any atom is -0.360 e. The van der Waals surface area contributed by atoms with Gasteiger partial charge in [-0.2, -0.15) is 0 Å². The van der Waals surface area contributed by atoms with E-state index in [0.29, 0.717) is 15.9 Å². The van der Waals surface area contributed by atoms with Crippen molar-refractivity contribution < 1.29 is 9.59 Å². The van der Waals surface area contributed by atoms with Crippen molar-refractivity contribution in [1.29, 1.82) is 0 Å². The maximum absolute atomic E-state index is 11.4. The molecule has 15 heavy (non-hydrogen) atoms. The molecule has 0 fully saturated rings. The number of rotatable bonds is 2. The van der Waals surface area contributed by atoms with Crippen molar-refractivity contribution in [3.8, 4) is 0 Å². The highest BCUT2D eigenvalue weighted by Gasteiger charge is 2.17. The molecule has 1 N–H and O–H groups in total. The van der Waals surface area contributed by atoms with Crippen molar-refractivity contribution in [2.45, 2.75) is 0 Å². The fraction of sp³-hybridized carbons (Fsp3) is 0. The monoisotopic (exact) mass is 241 g/mol. The van der Waals surface area contributed by atoms with E-state index in [0.717, 1.165) is 0 Å². The molecule has 0 atom stereocenters. The lowest BCUT2D eigenvalue weighted by Crippen LogP contribution is -2.06. The average Bonchev–Trinajstić information content (AvgIpc) is 2.59. The van der Waals surface area contributed by atoms with Gasteiger partial charge in [-0.1, -0.05) is 17.7 Å². The quantitative estimate of drug-likeness (QED) is 0.500. The first kappa shape index (κ1) is 10.2. The van der Waals surface area contributed by atoms with E-state index in [1.807, 2.05) is 0 Å². The van der Waals surface area contributed by atoms with E-state index in [1.165, 1.54) is 6.20 Å². The SMILES string of the molecule is O=C(Cl)C(=O)c1c[nH]c2cc(Cl)ccc12. The molecule has 0 radical (unpaired) electrons. The predicted octanol–water partition coefficient (Wildman–Crippen LogP) is 2.77. The number of aromatic amines is 1. The summed E-state index contributed by atoms with van der Waals surface area (Å²) in [4.78, 5) is 24.9. The lowest BCUT2D eigenvalue weighted by atomic mass is 10.1. The van der Waals surface area contributed by atoms with Crippen LogP contribution in [0.3, 0.4) is 0 Å². The first-order valence-corrected chi connectivity index (χ1v) is 4.86. The number of Topliss-reactive ketones (excluding diaryl/α,β-unsaturated/α-hetero) is 1. The van der Waals surface area contributed by atoms with Gasteiger partial charge in [0.2, 0.25) is 5.78 Å². The molecule has 0 saturated carbocycles. The highest BCUT2D eigenvalue weighted by molar-refractivity contribution is 6.83. The summed E-state index contributed by atoms with van der Waals surface area (Å²) in [6, 6.07) is 4.99. The third-order valence-electron chi connectivity index (χ3n) is 2.07. The molecule has 1 heterocycles. The topological polar surface area (TPSA) is 49.9 Å².